The van der Waals surface area contributed by atoms with Gasteiger partial charge in [-0.1, -0.05) is 6.42 Å². The lowest BCUT2D eigenvalue weighted by molar-refractivity contribution is -0.385. The van der Waals surface area contributed by atoms with E-state index < -0.39 is 10.8 Å². The number of benzene rings is 1. The number of ether oxygens (including phenoxy) is 2. The third-order valence-electron chi connectivity index (χ3n) is 5.74. The maximum Gasteiger partial charge on any atom is 0.286 e. The summed E-state index contributed by atoms with van der Waals surface area (Å²) in [6.45, 7) is 2.19. The molecule has 1 aliphatic rings. The van der Waals surface area contributed by atoms with Gasteiger partial charge in [-0.25, -0.2) is 4.98 Å². The third-order valence-corrected chi connectivity index (χ3v) is 6.38. The Morgan fingerprint density at radius 3 is 2.79 bits per heavy atom. The topological polar surface area (TPSA) is 120 Å². The van der Waals surface area contributed by atoms with Gasteiger partial charge in [0.1, 0.15) is 17.9 Å². The number of hydrogen-bond donors (Lipinski definition) is 1. The zero-order valence-electron chi connectivity index (χ0n) is 18.8. The maximum atomic E-state index is 13.1. The summed E-state index contributed by atoms with van der Waals surface area (Å²) in [5.74, 6) is 0.579. The summed E-state index contributed by atoms with van der Waals surface area (Å²) in [6.07, 6.45) is 4.94. The Kier molecular flexibility index (Phi) is 7.76. The predicted octanol–water partition coefficient (Wildman–Crippen LogP) is 4.19. The Balaban J connectivity index is 1.53. The van der Waals surface area contributed by atoms with Crippen molar-refractivity contribution in [3.8, 4) is 11.5 Å². The molecule has 0 radical (unpaired) electrons. The van der Waals surface area contributed by atoms with E-state index in [2.05, 4.69) is 15.2 Å². The Morgan fingerprint density at radius 2 is 2.15 bits per heavy atom. The average molecular weight is 487 g/mol. The largest absolute Gasteiger partial charge is 0.493 e. The molecular formula is C23H26N4O6S. The first-order valence-corrected chi connectivity index (χ1v) is 11.9. The van der Waals surface area contributed by atoms with Crippen LogP contribution in [0.2, 0.25) is 0 Å². The lowest BCUT2D eigenvalue weighted by Crippen LogP contribution is -2.40. The second-order valence-corrected chi connectivity index (χ2v) is 8.60. The molecule has 1 unspecified atom stereocenters. The molecule has 1 fully saturated rings. The number of thiazole rings is 1. The van der Waals surface area contributed by atoms with E-state index in [1.165, 1.54) is 37.0 Å². The first kappa shape index (κ1) is 23.7. The summed E-state index contributed by atoms with van der Waals surface area (Å²) in [4.78, 5) is 30.7. The minimum absolute atomic E-state index is 0.0975. The molecule has 4 rings (SSSR count). The highest BCUT2D eigenvalue weighted by molar-refractivity contribution is 7.07. The van der Waals surface area contributed by atoms with Crippen molar-refractivity contribution in [2.24, 2.45) is 0 Å². The van der Waals surface area contributed by atoms with Crippen LogP contribution in [-0.4, -0.2) is 47.5 Å². The van der Waals surface area contributed by atoms with E-state index in [9.17, 15) is 14.9 Å². The van der Waals surface area contributed by atoms with Crippen LogP contribution < -0.4 is 14.8 Å². The van der Waals surface area contributed by atoms with Gasteiger partial charge < -0.3 is 19.2 Å². The molecule has 1 aliphatic heterocycles. The zero-order chi connectivity index (χ0) is 23.9. The van der Waals surface area contributed by atoms with Crippen LogP contribution in [0.3, 0.4) is 0 Å². The third kappa shape index (κ3) is 5.54. The molecule has 10 nitrogen and oxygen atoms in total. The maximum absolute atomic E-state index is 13.1. The van der Waals surface area contributed by atoms with Crippen molar-refractivity contribution in [3.63, 3.8) is 0 Å². The van der Waals surface area contributed by atoms with Crippen LogP contribution in [0.1, 0.15) is 47.1 Å². The van der Waals surface area contributed by atoms with Crippen LogP contribution in [0.4, 0.5) is 5.69 Å². The molecule has 3 aromatic rings. The van der Waals surface area contributed by atoms with Crippen molar-refractivity contribution in [1.29, 1.82) is 0 Å². The van der Waals surface area contributed by atoms with E-state index in [-0.39, 0.29) is 41.9 Å². The number of nitrogens with zero attached hydrogens (tertiary/aromatic N) is 3. The first-order valence-electron chi connectivity index (χ1n) is 11.0. The highest BCUT2D eigenvalue weighted by Crippen LogP contribution is 2.35. The molecule has 1 N–H and O–H groups in total. The summed E-state index contributed by atoms with van der Waals surface area (Å²) >= 11 is 1.42. The molecule has 0 aliphatic carbocycles. The smallest absolute Gasteiger partial charge is 0.286 e. The monoisotopic (exact) mass is 486 g/mol. The van der Waals surface area contributed by atoms with E-state index >= 15 is 0 Å². The average Bonchev–Trinajstić information content (AvgIpc) is 3.57. The summed E-state index contributed by atoms with van der Waals surface area (Å²) in [6, 6.07) is 6.10. The van der Waals surface area contributed by atoms with Gasteiger partial charge in [0.2, 0.25) is 0 Å². The van der Waals surface area contributed by atoms with Crippen LogP contribution in [0.15, 0.2) is 45.8 Å². The summed E-state index contributed by atoms with van der Waals surface area (Å²) < 4.78 is 16.7. The number of aromatic nitrogens is 1. The Hall–Kier alpha value is -3.44. The molecular weight excluding hydrogens is 460 g/mol. The molecule has 0 bridgehead atoms. The molecule has 1 aromatic carbocycles. The lowest BCUT2D eigenvalue weighted by Gasteiger charge is -2.33. The van der Waals surface area contributed by atoms with E-state index in [0.717, 1.165) is 31.7 Å². The number of hydrogen-bond acceptors (Lipinski definition) is 9. The van der Waals surface area contributed by atoms with E-state index in [4.69, 9.17) is 13.9 Å². The van der Waals surface area contributed by atoms with Gasteiger partial charge in [-0.3, -0.25) is 19.8 Å². The van der Waals surface area contributed by atoms with Crippen LogP contribution in [0, 0.1) is 10.1 Å². The number of piperidine rings is 1. The van der Waals surface area contributed by atoms with Crippen LogP contribution in [0.5, 0.6) is 11.5 Å². The highest BCUT2D eigenvalue weighted by Gasteiger charge is 2.28. The van der Waals surface area contributed by atoms with E-state index in [1.54, 1.807) is 11.8 Å². The lowest BCUT2D eigenvalue weighted by atomic mass is 10.1. The molecule has 34 heavy (non-hydrogen) atoms. The van der Waals surface area contributed by atoms with Crippen LogP contribution >= 0.6 is 11.3 Å². The van der Waals surface area contributed by atoms with E-state index in [0.29, 0.717) is 5.69 Å². The minimum atomic E-state index is -0.599. The second kappa shape index (κ2) is 11.1. The summed E-state index contributed by atoms with van der Waals surface area (Å²) in [7, 11) is 1.42. The van der Waals surface area contributed by atoms with Crippen molar-refractivity contribution < 1.29 is 23.6 Å². The number of furan rings is 1. The Labute approximate surface area is 200 Å². The number of nitro benzene ring substituents is 1. The van der Waals surface area contributed by atoms with Gasteiger partial charge >= 0.3 is 0 Å². The Bertz CT molecular complexity index is 1100. The SMILES string of the molecule is COc1cc(C(=O)NCC(c2ccco2)N2CCCCC2)c([N+](=O)[O-])cc1OCc1cscn1. The zero-order valence-corrected chi connectivity index (χ0v) is 19.6. The van der Waals surface area contributed by atoms with Crippen molar-refractivity contribution in [1.82, 2.24) is 15.2 Å². The predicted molar refractivity (Wildman–Crippen MR) is 125 cm³/mol. The number of methoxy groups -OCH3 is 1. The van der Waals surface area contributed by atoms with Crippen LogP contribution in [0.25, 0.3) is 0 Å². The van der Waals surface area contributed by atoms with Crippen molar-refractivity contribution in [3.05, 3.63) is 68.6 Å². The summed E-state index contributed by atoms with van der Waals surface area (Å²) in [5, 5.41) is 16.5. The molecule has 2 aromatic heterocycles. The Morgan fingerprint density at radius 1 is 1.32 bits per heavy atom. The van der Waals surface area contributed by atoms with Gasteiger partial charge in [0.15, 0.2) is 11.5 Å². The number of nitrogens with one attached hydrogen (secondary N) is 1. The molecule has 1 saturated heterocycles. The number of carbonyl (C=O) groups is 1. The van der Waals surface area contributed by atoms with Gasteiger partial charge in [0, 0.05) is 18.0 Å². The molecule has 180 valence electrons. The highest BCUT2D eigenvalue weighted by atomic mass is 32.1. The van der Waals surface area contributed by atoms with Gasteiger partial charge in [-0.15, -0.1) is 11.3 Å². The number of rotatable bonds is 10. The van der Waals surface area contributed by atoms with Crippen molar-refractivity contribution in [2.45, 2.75) is 31.9 Å². The van der Waals surface area contributed by atoms with Gasteiger partial charge in [0.25, 0.3) is 11.6 Å². The summed E-state index contributed by atoms with van der Waals surface area (Å²) in [5.41, 5.74) is 1.91. The quantitative estimate of drug-likeness (QED) is 0.335. The molecule has 1 atom stereocenters. The fraction of sp³-hybridized carbons (Fsp3) is 0.391. The number of amides is 1. The fourth-order valence-corrected chi connectivity index (χ4v) is 4.56. The van der Waals surface area contributed by atoms with Gasteiger partial charge in [-0.05, 0) is 38.1 Å². The molecule has 0 spiro atoms. The van der Waals surface area contributed by atoms with E-state index in [1.807, 2.05) is 17.5 Å². The number of carbonyl (C=O) groups excluding carboxylic acids is 1. The van der Waals surface area contributed by atoms with Crippen LogP contribution in [-0.2, 0) is 6.61 Å². The number of nitro groups is 1. The van der Waals surface area contributed by atoms with Gasteiger partial charge in [-0.2, -0.15) is 0 Å². The molecule has 11 heteroatoms. The molecule has 0 saturated carbocycles. The van der Waals surface area contributed by atoms with Crippen molar-refractivity contribution in [2.75, 3.05) is 26.7 Å². The first-order chi connectivity index (χ1) is 16.6. The standard InChI is InChI=1S/C23H26N4O6S/c1-31-21-10-17(18(27(29)30)11-22(21)33-13-16-14-34-15-25-16)23(28)24-12-19(20-6-5-9-32-20)26-7-3-2-4-8-26/h5-6,9-11,14-15,19H,2-4,7-8,12-13H2,1H3,(H,24,28). The molecule has 1 amide bonds. The normalized spacial score (nSPS) is 15.0. The van der Waals surface area contributed by atoms with Crippen molar-refractivity contribution >= 4 is 22.9 Å². The van der Waals surface area contributed by atoms with Gasteiger partial charge in [0.05, 0.1) is 41.6 Å². The fourth-order valence-electron chi connectivity index (χ4n) is 4.02. The minimum Gasteiger partial charge on any atom is -0.493 e. The molecule has 3 heterocycles. The number of likely N-dealkylation sites (tertiary alicyclic amines) is 1. The second-order valence-electron chi connectivity index (χ2n) is 7.88.